The highest BCUT2D eigenvalue weighted by Gasteiger charge is 2.20. The van der Waals surface area contributed by atoms with Gasteiger partial charge in [-0.15, -0.1) is 0 Å². The van der Waals surface area contributed by atoms with E-state index < -0.39 is 0 Å². The van der Waals surface area contributed by atoms with Crippen LogP contribution in [0.15, 0.2) is 30.3 Å². The van der Waals surface area contributed by atoms with Gasteiger partial charge in [0.15, 0.2) is 0 Å². The summed E-state index contributed by atoms with van der Waals surface area (Å²) in [6.45, 7) is 5.55. The summed E-state index contributed by atoms with van der Waals surface area (Å²) in [5.74, 6) is 1.38. The van der Waals surface area contributed by atoms with Crippen molar-refractivity contribution in [3.05, 3.63) is 36.2 Å². The average Bonchev–Trinajstić information content (AvgIpc) is 2.55. The molecular weight excluding hydrogens is 266 g/mol. The van der Waals surface area contributed by atoms with E-state index in [4.69, 9.17) is 4.74 Å². The molecule has 1 aromatic heterocycles. The number of aromatic nitrogens is 3. The third-order valence-electron chi connectivity index (χ3n) is 3.58. The highest BCUT2D eigenvalue weighted by molar-refractivity contribution is 5.48. The maximum absolute atomic E-state index is 5.12. The molecule has 2 aromatic rings. The number of para-hydroxylation sites is 1. The first-order valence-electron chi connectivity index (χ1n) is 7.08. The Balaban J connectivity index is 1.70. The molecule has 1 aliphatic rings. The van der Waals surface area contributed by atoms with Gasteiger partial charge in [-0.2, -0.15) is 15.0 Å². The summed E-state index contributed by atoms with van der Waals surface area (Å²) in [5, 5.41) is 0. The number of aryl methyl sites for hydroxylation is 1. The molecule has 0 atom stereocenters. The van der Waals surface area contributed by atoms with Gasteiger partial charge in [0.25, 0.3) is 0 Å². The van der Waals surface area contributed by atoms with Crippen LogP contribution in [-0.4, -0.2) is 48.2 Å². The molecule has 0 unspecified atom stereocenters. The van der Waals surface area contributed by atoms with Crippen molar-refractivity contribution < 1.29 is 4.74 Å². The molecule has 0 amide bonds. The van der Waals surface area contributed by atoms with Crippen LogP contribution in [0.2, 0.25) is 0 Å². The summed E-state index contributed by atoms with van der Waals surface area (Å²) < 4.78 is 5.12. The first kappa shape index (κ1) is 13.6. The number of nitrogens with zero attached hydrogens (tertiary/aromatic N) is 5. The molecule has 0 bridgehead atoms. The molecule has 2 heterocycles. The number of benzene rings is 1. The minimum atomic E-state index is 0.378. The second kappa shape index (κ2) is 5.95. The van der Waals surface area contributed by atoms with E-state index in [-0.39, 0.29) is 0 Å². The molecule has 0 spiro atoms. The Hall–Kier alpha value is -2.37. The van der Waals surface area contributed by atoms with Gasteiger partial charge in [0.2, 0.25) is 5.95 Å². The Kier molecular flexibility index (Phi) is 3.85. The van der Waals surface area contributed by atoms with E-state index in [1.54, 1.807) is 7.11 Å². The fraction of sp³-hybridized carbons (Fsp3) is 0.400. The number of methoxy groups -OCH3 is 1. The lowest BCUT2D eigenvalue weighted by Crippen LogP contribution is -2.47. The van der Waals surface area contributed by atoms with Crippen LogP contribution in [0, 0.1) is 6.92 Å². The predicted molar refractivity (Wildman–Crippen MR) is 82.0 cm³/mol. The van der Waals surface area contributed by atoms with Crippen LogP contribution in [-0.2, 0) is 0 Å². The number of hydrogen-bond donors (Lipinski definition) is 0. The zero-order chi connectivity index (χ0) is 14.7. The van der Waals surface area contributed by atoms with Crippen molar-refractivity contribution in [2.45, 2.75) is 6.92 Å². The molecule has 3 rings (SSSR count). The molecule has 0 saturated carbocycles. The smallest absolute Gasteiger partial charge is 0.321 e. The van der Waals surface area contributed by atoms with Crippen LogP contribution in [0.5, 0.6) is 6.01 Å². The zero-order valence-corrected chi connectivity index (χ0v) is 12.4. The van der Waals surface area contributed by atoms with E-state index in [0.717, 1.165) is 26.2 Å². The molecule has 6 heteroatoms. The minimum Gasteiger partial charge on any atom is -0.467 e. The summed E-state index contributed by atoms with van der Waals surface area (Å²) in [5.41, 5.74) is 1.27. The number of hydrogen-bond acceptors (Lipinski definition) is 6. The highest BCUT2D eigenvalue weighted by Crippen LogP contribution is 2.18. The third kappa shape index (κ3) is 3.04. The van der Waals surface area contributed by atoms with Gasteiger partial charge in [0.05, 0.1) is 7.11 Å². The highest BCUT2D eigenvalue weighted by atomic mass is 16.5. The number of piperazine rings is 1. The third-order valence-corrected chi connectivity index (χ3v) is 3.58. The molecule has 6 nitrogen and oxygen atoms in total. The van der Waals surface area contributed by atoms with Gasteiger partial charge in [-0.3, -0.25) is 0 Å². The summed E-state index contributed by atoms with van der Waals surface area (Å²) >= 11 is 0. The summed E-state index contributed by atoms with van der Waals surface area (Å²) in [6.07, 6.45) is 0. The van der Waals surface area contributed by atoms with Crippen LogP contribution < -0.4 is 14.5 Å². The van der Waals surface area contributed by atoms with Crippen LogP contribution >= 0.6 is 0 Å². The lowest BCUT2D eigenvalue weighted by Gasteiger charge is -2.36. The molecule has 0 radical (unpaired) electrons. The summed E-state index contributed by atoms with van der Waals surface area (Å²) in [7, 11) is 1.58. The predicted octanol–water partition coefficient (Wildman–Crippen LogP) is 1.52. The molecular formula is C15H19N5O. The Morgan fingerprint density at radius 1 is 0.905 bits per heavy atom. The second-order valence-corrected chi connectivity index (χ2v) is 4.98. The van der Waals surface area contributed by atoms with Crippen molar-refractivity contribution in [2.24, 2.45) is 0 Å². The van der Waals surface area contributed by atoms with Gasteiger partial charge in [-0.25, -0.2) is 0 Å². The first-order chi connectivity index (χ1) is 10.3. The molecule has 0 N–H and O–H groups in total. The fourth-order valence-electron chi connectivity index (χ4n) is 2.48. The van der Waals surface area contributed by atoms with Crippen molar-refractivity contribution in [2.75, 3.05) is 43.1 Å². The van der Waals surface area contributed by atoms with Crippen molar-refractivity contribution in [3.8, 4) is 6.01 Å². The van der Waals surface area contributed by atoms with E-state index in [0.29, 0.717) is 17.8 Å². The topological polar surface area (TPSA) is 54.4 Å². The van der Waals surface area contributed by atoms with Crippen LogP contribution in [0.1, 0.15) is 5.82 Å². The number of ether oxygens (including phenoxy) is 1. The number of anilines is 2. The number of rotatable bonds is 3. The Morgan fingerprint density at radius 3 is 2.24 bits per heavy atom. The van der Waals surface area contributed by atoms with Gasteiger partial charge in [-0.1, -0.05) is 18.2 Å². The molecule has 1 aliphatic heterocycles. The maximum atomic E-state index is 5.12. The van der Waals surface area contributed by atoms with Crippen LogP contribution in [0.25, 0.3) is 0 Å². The average molecular weight is 285 g/mol. The monoisotopic (exact) mass is 285 g/mol. The Bertz CT molecular complexity index is 596. The Labute approximate surface area is 124 Å². The normalized spacial score (nSPS) is 15.1. The standard InChI is InChI=1S/C15H19N5O/c1-12-16-14(18-15(17-12)21-2)20-10-8-19(9-11-20)13-6-4-3-5-7-13/h3-7H,8-11H2,1-2H3. The first-order valence-corrected chi connectivity index (χ1v) is 7.08. The SMILES string of the molecule is COc1nc(C)nc(N2CCN(c3ccccc3)CC2)n1. The summed E-state index contributed by atoms with van der Waals surface area (Å²) in [6, 6.07) is 10.9. The molecule has 1 aromatic carbocycles. The Morgan fingerprint density at radius 2 is 1.57 bits per heavy atom. The van der Waals surface area contributed by atoms with Crippen LogP contribution in [0.3, 0.4) is 0 Å². The van der Waals surface area contributed by atoms with E-state index in [1.807, 2.05) is 13.0 Å². The van der Waals surface area contributed by atoms with Crippen molar-refractivity contribution in [3.63, 3.8) is 0 Å². The van der Waals surface area contributed by atoms with E-state index in [1.165, 1.54) is 5.69 Å². The molecule has 0 aliphatic carbocycles. The lowest BCUT2D eigenvalue weighted by atomic mass is 10.2. The van der Waals surface area contributed by atoms with Crippen molar-refractivity contribution in [1.82, 2.24) is 15.0 Å². The lowest BCUT2D eigenvalue weighted by molar-refractivity contribution is 0.376. The van der Waals surface area contributed by atoms with Crippen LogP contribution in [0.4, 0.5) is 11.6 Å². The zero-order valence-electron chi connectivity index (χ0n) is 12.4. The second-order valence-electron chi connectivity index (χ2n) is 4.98. The van der Waals surface area contributed by atoms with E-state index >= 15 is 0 Å². The van der Waals surface area contributed by atoms with E-state index in [9.17, 15) is 0 Å². The van der Waals surface area contributed by atoms with Crippen molar-refractivity contribution in [1.29, 1.82) is 0 Å². The van der Waals surface area contributed by atoms with Gasteiger partial charge < -0.3 is 14.5 Å². The minimum absolute atomic E-state index is 0.378. The van der Waals surface area contributed by atoms with Gasteiger partial charge >= 0.3 is 6.01 Å². The quantitative estimate of drug-likeness (QED) is 0.852. The molecule has 1 saturated heterocycles. The summed E-state index contributed by atoms with van der Waals surface area (Å²) in [4.78, 5) is 17.4. The van der Waals surface area contributed by atoms with Gasteiger partial charge in [0, 0.05) is 31.9 Å². The molecule has 110 valence electrons. The largest absolute Gasteiger partial charge is 0.467 e. The van der Waals surface area contributed by atoms with Crippen molar-refractivity contribution >= 4 is 11.6 Å². The van der Waals surface area contributed by atoms with Gasteiger partial charge in [-0.05, 0) is 19.1 Å². The maximum Gasteiger partial charge on any atom is 0.321 e. The fourth-order valence-corrected chi connectivity index (χ4v) is 2.48. The molecule has 1 fully saturated rings. The molecule has 21 heavy (non-hydrogen) atoms. The van der Waals surface area contributed by atoms with Gasteiger partial charge in [0.1, 0.15) is 5.82 Å². The van der Waals surface area contributed by atoms with E-state index in [2.05, 4.69) is 49.0 Å².